The Bertz CT molecular complexity index is 1510. The summed E-state index contributed by atoms with van der Waals surface area (Å²) >= 11 is 0. The second-order valence-electron chi connectivity index (χ2n) is 9.61. The highest BCUT2D eigenvalue weighted by molar-refractivity contribution is 5.87. The summed E-state index contributed by atoms with van der Waals surface area (Å²) in [7, 11) is 0. The van der Waals surface area contributed by atoms with Crippen molar-refractivity contribution in [2.75, 3.05) is 18.5 Å². The number of halogens is 4. The normalized spacial score (nSPS) is 23.0. The number of anilines is 1. The van der Waals surface area contributed by atoms with Crippen LogP contribution in [0.4, 0.5) is 23.4 Å². The van der Waals surface area contributed by atoms with Gasteiger partial charge in [0, 0.05) is 18.4 Å². The van der Waals surface area contributed by atoms with Gasteiger partial charge in [-0.05, 0) is 31.5 Å². The van der Waals surface area contributed by atoms with Crippen molar-refractivity contribution in [2.45, 2.75) is 44.1 Å². The molecule has 0 amide bonds. The molecule has 4 aromatic rings. The van der Waals surface area contributed by atoms with Gasteiger partial charge in [-0.1, -0.05) is 30.3 Å². The summed E-state index contributed by atoms with van der Waals surface area (Å²) in [5.74, 6) is 0.565. The zero-order valence-electron chi connectivity index (χ0n) is 20.1. The van der Waals surface area contributed by atoms with Gasteiger partial charge in [0.05, 0.1) is 30.3 Å². The van der Waals surface area contributed by atoms with Gasteiger partial charge in [-0.25, -0.2) is 19.0 Å². The van der Waals surface area contributed by atoms with Crippen LogP contribution in [0.15, 0.2) is 48.7 Å². The second kappa shape index (κ2) is 8.14. The monoisotopic (exact) mass is 513 g/mol. The molecule has 1 saturated heterocycles. The van der Waals surface area contributed by atoms with E-state index in [0.29, 0.717) is 29.1 Å². The Morgan fingerprint density at radius 1 is 1.11 bits per heavy atom. The Hall–Kier alpha value is -3.73. The van der Waals surface area contributed by atoms with Gasteiger partial charge in [0.1, 0.15) is 28.9 Å². The number of alkyl halides is 3. The molecule has 2 atom stereocenters. The molecule has 2 aromatic carbocycles. The molecular formula is C26H23F4N5O2. The quantitative estimate of drug-likeness (QED) is 0.368. The second-order valence-corrected chi connectivity index (χ2v) is 9.61. The van der Waals surface area contributed by atoms with E-state index >= 15 is 0 Å². The predicted molar refractivity (Wildman–Crippen MR) is 127 cm³/mol. The minimum Gasteiger partial charge on any atom is -0.493 e. The summed E-state index contributed by atoms with van der Waals surface area (Å²) in [6, 6.07) is 11.5. The summed E-state index contributed by atoms with van der Waals surface area (Å²) in [5, 5.41) is 7.41. The van der Waals surface area contributed by atoms with Gasteiger partial charge in [0.25, 0.3) is 0 Å². The Balaban J connectivity index is 1.31. The smallest absolute Gasteiger partial charge is 0.419 e. The Morgan fingerprint density at radius 2 is 1.89 bits per heavy atom. The molecule has 37 heavy (non-hydrogen) atoms. The molecule has 6 rings (SSSR count). The van der Waals surface area contributed by atoms with E-state index in [0.717, 1.165) is 12.0 Å². The highest BCUT2D eigenvalue weighted by Crippen LogP contribution is 2.57. The number of aryl methyl sites for hydroxylation is 1. The first-order chi connectivity index (χ1) is 17.6. The van der Waals surface area contributed by atoms with E-state index in [1.165, 1.54) is 23.0 Å². The Kier molecular flexibility index (Phi) is 5.20. The molecule has 0 radical (unpaired) electrons. The topological polar surface area (TPSA) is 74.1 Å². The first-order valence-corrected chi connectivity index (χ1v) is 11.8. The van der Waals surface area contributed by atoms with Crippen molar-refractivity contribution < 1.29 is 27.0 Å². The van der Waals surface area contributed by atoms with Crippen molar-refractivity contribution in [1.82, 2.24) is 19.7 Å². The molecule has 0 saturated carbocycles. The third-order valence-corrected chi connectivity index (χ3v) is 7.01. The maximum Gasteiger partial charge on any atom is 0.419 e. The summed E-state index contributed by atoms with van der Waals surface area (Å²) in [6.07, 6.45) is -2.82. The average molecular weight is 513 g/mol. The molecule has 192 valence electrons. The van der Waals surface area contributed by atoms with Crippen LogP contribution < -0.4 is 10.1 Å². The van der Waals surface area contributed by atoms with Gasteiger partial charge in [-0.3, -0.25) is 0 Å². The van der Waals surface area contributed by atoms with E-state index in [1.54, 1.807) is 32.0 Å². The third kappa shape index (κ3) is 3.71. The molecule has 0 spiro atoms. The summed E-state index contributed by atoms with van der Waals surface area (Å²) in [4.78, 5) is 8.66. The van der Waals surface area contributed by atoms with Crippen LogP contribution in [0.25, 0.3) is 16.7 Å². The van der Waals surface area contributed by atoms with Gasteiger partial charge in [0.15, 0.2) is 11.2 Å². The maximum atomic E-state index is 14.4. The lowest BCUT2D eigenvalue weighted by molar-refractivity contribution is -0.380. The molecule has 11 heteroatoms. The minimum atomic E-state index is -4.64. The number of benzene rings is 2. The molecule has 2 aliphatic rings. The van der Waals surface area contributed by atoms with Crippen LogP contribution in [0, 0.1) is 12.7 Å². The lowest BCUT2D eigenvalue weighted by atomic mass is 9.74. The van der Waals surface area contributed by atoms with Crippen molar-refractivity contribution in [3.05, 3.63) is 71.4 Å². The van der Waals surface area contributed by atoms with E-state index in [2.05, 4.69) is 20.4 Å². The van der Waals surface area contributed by atoms with Gasteiger partial charge in [-0.15, -0.1) is 0 Å². The molecule has 0 aliphatic carbocycles. The number of nitrogens with one attached hydrogen (secondary N) is 1. The van der Waals surface area contributed by atoms with E-state index in [9.17, 15) is 17.6 Å². The Labute approximate surface area is 209 Å². The van der Waals surface area contributed by atoms with Crippen molar-refractivity contribution in [1.29, 1.82) is 0 Å². The first-order valence-electron chi connectivity index (χ1n) is 11.8. The molecule has 0 bridgehead atoms. The lowest BCUT2D eigenvalue weighted by Gasteiger charge is -2.55. The number of para-hydroxylation sites is 2. The number of rotatable bonds is 5. The summed E-state index contributed by atoms with van der Waals surface area (Å²) in [6.45, 7) is 3.19. The summed E-state index contributed by atoms with van der Waals surface area (Å²) in [5.41, 5.74) is -1.55. The first kappa shape index (κ1) is 23.7. The predicted octanol–water partition coefficient (Wildman–Crippen LogP) is 5.25. The number of fused-ring (bicyclic) bond motifs is 2. The van der Waals surface area contributed by atoms with Crippen molar-refractivity contribution >= 4 is 16.9 Å². The molecular weight excluding hydrogens is 490 g/mol. The van der Waals surface area contributed by atoms with Crippen LogP contribution in [0.3, 0.4) is 0 Å². The molecule has 2 aliphatic heterocycles. The van der Waals surface area contributed by atoms with E-state index < -0.39 is 29.7 Å². The number of hydrogen-bond acceptors (Lipinski definition) is 6. The zero-order chi connectivity index (χ0) is 26.0. The number of hydrogen-bond donors (Lipinski definition) is 1. The molecule has 1 N–H and O–H groups in total. The Morgan fingerprint density at radius 3 is 2.65 bits per heavy atom. The zero-order valence-corrected chi connectivity index (χ0v) is 20.1. The van der Waals surface area contributed by atoms with Gasteiger partial charge >= 0.3 is 6.18 Å². The highest BCUT2D eigenvalue weighted by Gasteiger charge is 2.68. The van der Waals surface area contributed by atoms with Crippen molar-refractivity contribution in [3.63, 3.8) is 0 Å². The fourth-order valence-electron chi connectivity index (χ4n) is 5.28. The van der Waals surface area contributed by atoms with Crippen LogP contribution in [0.1, 0.15) is 30.3 Å². The molecule has 2 aromatic heterocycles. The SMILES string of the molecule is Cc1nc(NCC2(C(F)(F)F)CC(C)(c3cccc4c3OCC4)O2)c2cnn(-c3ccccc3F)c2n1. The lowest BCUT2D eigenvalue weighted by Crippen LogP contribution is -2.67. The van der Waals surface area contributed by atoms with Gasteiger partial charge in [-0.2, -0.15) is 18.3 Å². The fourth-order valence-corrected chi connectivity index (χ4v) is 5.28. The summed E-state index contributed by atoms with van der Waals surface area (Å²) < 4.78 is 70.3. The van der Waals surface area contributed by atoms with Crippen LogP contribution >= 0.6 is 0 Å². The molecule has 4 heterocycles. The van der Waals surface area contributed by atoms with E-state index in [1.807, 2.05) is 12.1 Å². The maximum absolute atomic E-state index is 14.4. The van der Waals surface area contributed by atoms with E-state index in [-0.39, 0.29) is 23.6 Å². The fraction of sp³-hybridized carbons (Fsp3) is 0.346. The van der Waals surface area contributed by atoms with Gasteiger partial charge in [0.2, 0.25) is 0 Å². The molecule has 1 fully saturated rings. The van der Waals surface area contributed by atoms with Crippen molar-refractivity contribution in [3.8, 4) is 11.4 Å². The highest BCUT2D eigenvalue weighted by atomic mass is 19.4. The molecule has 7 nitrogen and oxygen atoms in total. The largest absolute Gasteiger partial charge is 0.493 e. The van der Waals surface area contributed by atoms with Crippen LogP contribution in [-0.4, -0.2) is 44.7 Å². The standard InChI is InChI=1S/C26H23F4N5O2/c1-15-33-22(17-12-32-35(23(17)34-15)20-9-4-3-8-19(20)27)31-14-25(26(28,29)30)13-24(2,37-25)18-7-5-6-16-10-11-36-21(16)18/h3-9,12H,10-11,13-14H2,1-2H3,(H,31,33,34). The van der Waals surface area contributed by atoms with Crippen LogP contribution in [-0.2, 0) is 16.8 Å². The van der Waals surface area contributed by atoms with Gasteiger partial charge < -0.3 is 14.8 Å². The molecule has 2 unspecified atom stereocenters. The number of aromatic nitrogens is 4. The van der Waals surface area contributed by atoms with E-state index in [4.69, 9.17) is 9.47 Å². The average Bonchev–Trinajstić information content (AvgIpc) is 3.47. The third-order valence-electron chi connectivity index (χ3n) is 7.01. The van der Waals surface area contributed by atoms with Crippen molar-refractivity contribution in [2.24, 2.45) is 0 Å². The number of ether oxygens (including phenoxy) is 2. The minimum absolute atomic E-state index is 0.162. The van der Waals surface area contributed by atoms with Crippen LogP contribution in [0.2, 0.25) is 0 Å². The van der Waals surface area contributed by atoms with Crippen LogP contribution in [0.5, 0.6) is 5.75 Å². The number of nitrogens with zero attached hydrogens (tertiary/aromatic N) is 4.